The van der Waals surface area contributed by atoms with Crippen LogP contribution in [0, 0.1) is 13.8 Å². The van der Waals surface area contributed by atoms with Gasteiger partial charge in [-0.2, -0.15) is 0 Å². The van der Waals surface area contributed by atoms with E-state index < -0.39 is 24.4 Å². The Morgan fingerprint density at radius 1 is 1.04 bits per heavy atom. The fourth-order valence-electron chi connectivity index (χ4n) is 2.11. The maximum absolute atomic E-state index is 11.9. The van der Waals surface area contributed by atoms with Gasteiger partial charge in [-0.15, -0.1) is 0 Å². The van der Waals surface area contributed by atoms with Gasteiger partial charge in [0.15, 0.2) is 6.61 Å². The number of esters is 1. The summed E-state index contributed by atoms with van der Waals surface area (Å²) in [5.74, 6) is -1.52. The molecule has 7 heteroatoms. The Balaban J connectivity index is 1.75. The summed E-state index contributed by atoms with van der Waals surface area (Å²) in [5, 5.41) is 5.14. The topological polar surface area (TPSA) is 84.5 Å². The molecule has 0 heterocycles. The van der Waals surface area contributed by atoms with Crippen LogP contribution in [0.4, 0.5) is 5.69 Å². The number of aryl methyl sites for hydroxylation is 2. The zero-order chi connectivity index (χ0) is 19.1. The van der Waals surface area contributed by atoms with Gasteiger partial charge in [0.1, 0.15) is 6.54 Å². The first-order valence-corrected chi connectivity index (χ1v) is 8.71. The number of hydrogen-bond acceptors (Lipinski definition) is 4. The van der Waals surface area contributed by atoms with Gasteiger partial charge in [-0.05, 0) is 55.3 Å². The molecule has 2 aromatic rings. The average Bonchev–Trinajstić information content (AvgIpc) is 2.61. The number of amides is 2. The quantitative estimate of drug-likeness (QED) is 0.706. The van der Waals surface area contributed by atoms with Crippen LogP contribution in [0.3, 0.4) is 0 Å². The smallest absolute Gasteiger partial charge is 0.325 e. The summed E-state index contributed by atoms with van der Waals surface area (Å²) in [4.78, 5) is 35.5. The van der Waals surface area contributed by atoms with Crippen molar-refractivity contribution in [2.24, 2.45) is 0 Å². The Kier molecular flexibility index (Phi) is 6.91. The molecule has 0 aliphatic carbocycles. The van der Waals surface area contributed by atoms with Crippen molar-refractivity contribution in [2.45, 2.75) is 13.8 Å². The van der Waals surface area contributed by atoms with Crippen LogP contribution in [0.1, 0.15) is 21.5 Å². The number of ether oxygens (including phenoxy) is 1. The van der Waals surface area contributed by atoms with Gasteiger partial charge >= 0.3 is 5.97 Å². The highest BCUT2D eigenvalue weighted by atomic mass is 79.9. The highest BCUT2D eigenvalue weighted by Crippen LogP contribution is 2.16. The first kappa shape index (κ1) is 19.7. The van der Waals surface area contributed by atoms with Crippen molar-refractivity contribution in [3.63, 3.8) is 0 Å². The molecule has 0 aromatic heterocycles. The number of rotatable bonds is 6. The molecule has 2 rings (SSSR count). The number of nitrogens with one attached hydrogen (secondary N) is 2. The Morgan fingerprint density at radius 2 is 1.73 bits per heavy atom. The maximum Gasteiger partial charge on any atom is 0.325 e. The van der Waals surface area contributed by atoms with E-state index >= 15 is 0 Å². The normalized spacial score (nSPS) is 10.1. The molecule has 0 fully saturated rings. The van der Waals surface area contributed by atoms with Crippen molar-refractivity contribution in [1.82, 2.24) is 5.32 Å². The maximum atomic E-state index is 11.9. The Labute approximate surface area is 160 Å². The molecule has 2 aromatic carbocycles. The van der Waals surface area contributed by atoms with E-state index in [1.54, 1.807) is 24.3 Å². The number of halogens is 1. The third-order valence-electron chi connectivity index (χ3n) is 3.53. The average molecular weight is 419 g/mol. The molecule has 0 saturated heterocycles. The van der Waals surface area contributed by atoms with Crippen molar-refractivity contribution < 1.29 is 19.1 Å². The summed E-state index contributed by atoms with van der Waals surface area (Å²) in [6.07, 6.45) is 0. The second kappa shape index (κ2) is 9.15. The Morgan fingerprint density at radius 3 is 2.42 bits per heavy atom. The fraction of sp³-hybridized carbons (Fsp3) is 0.211. The summed E-state index contributed by atoms with van der Waals surface area (Å²) >= 11 is 3.28. The molecule has 0 radical (unpaired) electrons. The largest absolute Gasteiger partial charge is 0.454 e. The number of benzene rings is 2. The van der Waals surface area contributed by atoms with Crippen molar-refractivity contribution in [3.05, 3.63) is 63.6 Å². The highest BCUT2D eigenvalue weighted by molar-refractivity contribution is 9.10. The molecule has 0 aliphatic rings. The van der Waals surface area contributed by atoms with Crippen LogP contribution in [0.25, 0.3) is 0 Å². The van der Waals surface area contributed by atoms with Crippen LogP contribution in [-0.4, -0.2) is 30.9 Å². The van der Waals surface area contributed by atoms with Crippen LogP contribution < -0.4 is 10.6 Å². The molecule has 0 unspecified atom stereocenters. The monoisotopic (exact) mass is 418 g/mol. The van der Waals surface area contributed by atoms with Crippen molar-refractivity contribution in [1.29, 1.82) is 0 Å². The van der Waals surface area contributed by atoms with E-state index in [9.17, 15) is 14.4 Å². The second-order valence-electron chi connectivity index (χ2n) is 5.72. The SMILES string of the molecule is Cc1ccc(C)c(NC(=O)COC(=O)CNC(=O)c2ccc(Br)cc2)c1. The van der Waals surface area contributed by atoms with E-state index in [0.29, 0.717) is 11.3 Å². The van der Waals surface area contributed by atoms with E-state index in [2.05, 4.69) is 26.6 Å². The van der Waals surface area contributed by atoms with Gasteiger partial charge < -0.3 is 15.4 Å². The van der Waals surface area contributed by atoms with E-state index in [1.165, 1.54) is 0 Å². The van der Waals surface area contributed by atoms with Crippen LogP contribution in [0.15, 0.2) is 46.9 Å². The number of carbonyl (C=O) groups excluding carboxylic acids is 3. The number of anilines is 1. The summed E-state index contributed by atoms with van der Waals surface area (Å²) in [6, 6.07) is 12.4. The summed E-state index contributed by atoms with van der Waals surface area (Å²) < 4.78 is 5.73. The molecular formula is C19H19BrN2O4. The lowest BCUT2D eigenvalue weighted by Crippen LogP contribution is -2.32. The van der Waals surface area contributed by atoms with Crippen LogP contribution in [0.5, 0.6) is 0 Å². The predicted molar refractivity (Wildman–Crippen MR) is 102 cm³/mol. The van der Waals surface area contributed by atoms with Gasteiger partial charge in [-0.25, -0.2) is 0 Å². The van der Waals surface area contributed by atoms with Gasteiger partial charge in [-0.3, -0.25) is 14.4 Å². The van der Waals surface area contributed by atoms with Gasteiger partial charge in [0, 0.05) is 15.7 Å². The number of hydrogen-bond donors (Lipinski definition) is 2. The van der Waals surface area contributed by atoms with Crippen LogP contribution in [-0.2, 0) is 14.3 Å². The first-order valence-electron chi connectivity index (χ1n) is 7.91. The lowest BCUT2D eigenvalue weighted by atomic mass is 10.1. The van der Waals surface area contributed by atoms with Crippen LogP contribution in [0.2, 0.25) is 0 Å². The van der Waals surface area contributed by atoms with E-state index in [4.69, 9.17) is 4.74 Å². The summed E-state index contributed by atoms with van der Waals surface area (Å²) in [7, 11) is 0. The van der Waals surface area contributed by atoms with Crippen molar-refractivity contribution >= 4 is 39.4 Å². The molecule has 0 bridgehead atoms. The summed E-state index contributed by atoms with van der Waals surface area (Å²) in [6.45, 7) is 3.06. The predicted octanol–water partition coefficient (Wildman–Crippen LogP) is 2.98. The van der Waals surface area contributed by atoms with E-state index in [-0.39, 0.29) is 6.54 Å². The fourth-order valence-corrected chi connectivity index (χ4v) is 2.37. The minimum atomic E-state index is -0.688. The van der Waals surface area contributed by atoms with E-state index in [0.717, 1.165) is 15.6 Å². The van der Waals surface area contributed by atoms with Crippen molar-refractivity contribution in [3.8, 4) is 0 Å². The van der Waals surface area contributed by atoms with Crippen LogP contribution >= 0.6 is 15.9 Å². The molecular weight excluding hydrogens is 400 g/mol. The molecule has 2 N–H and O–H groups in total. The third kappa shape index (κ3) is 6.00. The highest BCUT2D eigenvalue weighted by Gasteiger charge is 2.11. The first-order chi connectivity index (χ1) is 12.3. The molecule has 0 aliphatic heterocycles. The number of carbonyl (C=O) groups is 3. The molecule has 2 amide bonds. The molecule has 26 heavy (non-hydrogen) atoms. The zero-order valence-corrected chi connectivity index (χ0v) is 16.1. The standard InChI is InChI=1S/C19H19BrN2O4/c1-12-3-4-13(2)16(9-12)22-17(23)11-26-18(24)10-21-19(25)14-5-7-15(20)8-6-14/h3-9H,10-11H2,1-2H3,(H,21,25)(H,22,23). The van der Waals surface area contributed by atoms with Gasteiger partial charge in [0.25, 0.3) is 11.8 Å². The molecule has 6 nitrogen and oxygen atoms in total. The van der Waals surface area contributed by atoms with E-state index in [1.807, 2.05) is 32.0 Å². The van der Waals surface area contributed by atoms with Gasteiger partial charge in [0.05, 0.1) is 0 Å². The lowest BCUT2D eigenvalue weighted by Gasteiger charge is -2.10. The van der Waals surface area contributed by atoms with Gasteiger partial charge in [0.2, 0.25) is 0 Å². The Bertz CT molecular complexity index is 819. The molecule has 0 atom stereocenters. The van der Waals surface area contributed by atoms with Gasteiger partial charge in [-0.1, -0.05) is 28.1 Å². The molecule has 0 saturated carbocycles. The third-order valence-corrected chi connectivity index (χ3v) is 4.06. The molecule has 136 valence electrons. The van der Waals surface area contributed by atoms with Crippen molar-refractivity contribution in [2.75, 3.05) is 18.5 Å². The zero-order valence-electron chi connectivity index (χ0n) is 14.5. The minimum absolute atomic E-state index is 0.314. The molecule has 0 spiro atoms. The lowest BCUT2D eigenvalue weighted by molar-refractivity contribution is -0.146. The Hall–Kier alpha value is -2.67. The second-order valence-corrected chi connectivity index (χ2v) is 6.63. The summed E-state index contributed by atoms with van der Waals surface area (Å²) in [5.41, 5.74) is 3.03. The minimum Gasteiger partial charge on any atom is -0.454 e.